The SMILES string of the molecule is COCC(=O)N1C[C@H](NC(=O)c2nc3ccccc3n(C)c2=O)[C@@H](C2CC2)C1. The monoisotopic (exact) mass is 384 g/mol. The van der Waals surface area contributed by atoms with Gasteiger partial charge in [0.15, 0.2) is 5.69 Å². The molecule has 28 heavy (non-hydrogen) atoms. The number of nitrogens with one attached hydrogen (secondary N) is 1. The Morgan fingerprint density at radius 1 is 1.25 bits per heavy atom. The zero-order chi connectivity index (χ0) is 19.8. The number of methoxy groups -OCH3 is 1. The number of aromatic nitrogens is 2. The second-order valence-electron chi connectivity index (χ2n) is 7.63. The molecule has 2 aromatic rings. The number of rotatable bonds is 5. The van der Waals surface area contributed by atoms with Gasteiger partial charge in [-0.05, 0) is 30.9 Å². The molecule has 8 nitrogen and oxygen atoms in total. The summed E-state index contributed by atoms with van der Waals surface area (Å²) in [5, 5.41) is 2.98. The molecular formula is C20H24N4O4. The highest BCUT2D eigenvalue weighted by Crippen LogP contribution is 2.41. The van der Waals surface area contributed by atoms with E-state index < -0.39 is 11.5 Å². The first kappa shape index (κ1) is 18.6. The molecule has 2 fully saturated rings. The second-order valence-corrected chi connectivity index (χ2v) is 7.63. The summed E-state index contributed by atoms with van der Waals surface area (Å²) in [6.45, 7) is 1.08. The number of fused-ring (bicyclic) bond motifs is 1. The summed E-state index contributed by atoms with van der Waals surface area (Å²) >= 11 is 0. The minimum Gasteiger partial charge on any atom is -0.375 e. The highest BCUT2D eigenvalue weighted by molar-refractivity contribution is 5.94. The molecule has 1 saturated carbocycles. The van der Waals surface area contributed by atoms with Crippen molar-refractivity contribution in [2.75, 3.05) is 26.8 Å². The molecule has 1 aromatic heterocycles. The number of aryl methyl sites for hydroxylation is 1. The van der Waals surface area contributed by atoms with Gasteiger partial charge in [-0.3, -0.25) is 14.4 Å². The fraction of sp³-hybridized carbons (Fsp3) is 0.500. The maximum atomic E-state index is 12.9. The Kier molecular flexibility index (Phi) is 4.89. The summed E-state index contributed by atoms with van der Waals surface area (Å²) in [4.78, 5) is 43.8. The minimum atomic E-state index is -0.483. The first-order valence-corrected chi connectivity index (χ1v) is 9.53. The van der Waals surface area contributed by atoms with E-state index in [1.54, 1.807) is 24.1 Å². The standard InChI is InChI=1S/C20H24N4O4/c1-23-16-6-4-3-5-14(16)21-18(20(23)27)19(26)22-15-10-24(17(25)11-28-2)9-13(15)12-7-8-12/h3-6,12-13,15H,7-11H2,1-2H3,(H,22,26)/t13-,15+/m1/s1. The minimum absolute atomic E-state index is 0.0326. The molecule has 2 atom stereocenters. The molecule has 0 unspecified atom stereocenters. The molecule has 2 amide bonds. The third kappa shape index (κ3) is 3.40. The molecular weight excluding hydrogens is 360 g/mol. The fourth-order valence-corrected chi connectivity index (χ4v) is 4.07. The van der Waals surface area contributed by atoms with E-state index in [2.05, 4.69) is 10.3 Å². The van der Waals surface area contributed by atoms with E-state index in [0.717, 1.165) is 12.8 Å². The van der Waals surface area contributed by atoms with Crippen LogP contribution < -0.4 is 10.9 Å². The van der Waals surface area contributed by atoms with E-state index >= 15 is 0 Å². The number of carbonyl (C=O) groups is 2. The summed E-state index contributed by atoms with van der Waals surface area (Å²) < 4.78 is 6.39. The van der Waals surface area contributed by atoms with Gasteiger partial charge in [-0.15, -0.1) is 0 Å². The highest BCUT2D eigenvalue weighted by atomic mass is 16.5. The van der Waals surface area contributed by atoms with E-state index in [1.807, 2.05) is 12.1 Å². The second kappa shape index (κ2) is 7.35. The first-order chi connectivity index (χ1) is 13.5. The van der Waals surface area contributed by atoms with Crippen LogP contribution in [0.3, 0.4) is 0 Å². The van der Waals surface area contributed by atoms with Crippen molar-refractivity contribution in [3.63, 3.8) is 0 Å². The van der Waals surface area contributed by atoms with Crippen molar-refractivity contribution < 1.29 is 14.3 Å². The van der Waals surface area contributed by atoms with Crippen molar-refractivity contribution in [3.8, 4) is 0 Å². The molecule has 1 N–H and O–H groups in total. The summed E-state index contributed by atoms with van der Waals surface area (Å²) in [5.74, 6) is 0.153. The predicted octanol–water partition coefficient (Wildman–Crippen LogP) is 0.547. The van der Waals surface area contributed by atoms with E-state index in [9.17, 15) is 14.4 Å². The lowest BCUT2D eigenvalue weighted by molar-refractivity contribution is -0.134. The highest BCUT2D eigenvalue weighted by Gasteiger charge is 2.44. The number of ether oxygens (including phenoxy) is 1. The summed E-state index contributed by atoms with van der Waals surface area (Å²) in [7, 11) is 3.13. The smallest absolute Gasteiger partial charge is 0.282 e. The molecule has 148 valence electrons. The number of benzene rings is 1. The zero-order valence-corrected chi connectivity index (χ0v) is 16.1. The van der Waals surface area contributed by atoms with Crippen LogP contribution in [0.15, 0.2) is 29.1 Å². The van der Waals surface area contributed by atoms with Gasteiger partial charge in [0.05, 0.1) is 17.1 Å². The first-order valence-electron chi connectivity index (χ1n) is 9.53. The van der Waals surface area contributed by atoms with Crippen molar-refractivity contribution >= 4 is 22.8 Å². The fourth-order valence-electron chi connectivity index (χ4n) is 4.07. The average molecular weight is 384 g/mol. The Morgan fingerprint density at radius 2 is 2.00 bits per heavy atom. The largest absolute Gasteiger partial charge is 0.375 e. The number of hydrogen-bond donors (Lipinski definition) is 1. The van der Waals surface area contributed by atoms with E-state index in [4.69, 9.17) is 4.74 Å². The van der Waals surface area contributed by atoms with Crippen LogP contribution in [0, 0.1) is 11.8 Å². The molecule has 1 aliphatic carbocycles. The van der Waals surface area contributed by atoms with E-state index in [1.165, 1.54) is 11.7 Å². The Balaban J connectivity index is 1.57. The molecule has 0 bridgehead atoms. The number of para-hydroxylation sites is 2. The van der Waals surface area contributed by atoms with Gasteiger partial charge >= 0.3 is 0 Å². The lowest BCUT2D eigenvalue weighted by Gasteiger charge is -2.19. The number of nitrogens with zero attached hydrogens (tertiary/aromatic N) is 3. The maximum Gasteiger partial charge on any atom is 0.282 e. The number of carbonyl (C=O) groups excluding carboxylic acids is 2. The van der Waals surface area contributed by atoms with Crippen LogP contribution in [-0.2, 0) is 16.6 Å². The third-order valence-electron chi connectivity index (χ3n) is 5.73. The molecule has 1 saturated heterocycles. The van der Waals surface area contributed by atoms with Gasteiger partial charge < -0.3 is 19.5 Å². The van der Waals surface area contributed by atoms with Gasteiger partial charge in [0.2, 0.25) is 5.91 Å². The lowest BCUT2D eigenvalue weighted by atomic mass is 9.98. The van der Waals surface area contributed by atoms with Crippen molar-refractivity contribution in [3.05, 3.63) is 40.3 Å². The number of likely N-dealkylation sites (tertiary alicyclic amines) is 1. The van der Waals surface area contributed by atoms with Crippen molar-refractivity contribution in [1.82, 2.24) is 19.8 Å². The van der Waals surface area contributed by atoms with Gasteiger partial charge in [-0.1, -0.05) is 12.1 Å². The Bertz CT molecular complexity index is 982. The van der Waals surface area contributed by atoms with Crippen molar-refractivity contribution in [2.24, 2.45) is 18.9 Å². The quantitative estimate of drug-likeness (QED) is 0.812. The van der Waals surface area contributed by atoms with Crippen LogP contribution in [-0.4, -0.2) is 59.1 Å². The lowest BCUT2D eigenvalue weighted by Crippen LogP contribution is -2.44. The third-order valence-corrected chi connectivity index (χ3v) is 5.73. The molecule has 0 radical (unpaired) electrons. The van der Waals surface area contributed by atoms with Gasteiger partial charge in [-0.2, -0.15) is 0 Å². The van der Waals surface area contributed by atoms with Gasteiger partial charge in [0.1, 0.15) is 6.61 Å². The van der Waals surface area contributed by atoms with Crippen LogP contribution in [0.2, 0.25) is 0 Å². The number of amides is 2. The molecule has 8 heteroatoms. The van der Waals surface area contributed by atoms with E-state index in [0.29, 0.717) is 30.0 Å². The summed E-state index contributed by atoms with van der Waals surface area (Å²) in [6, 6.07) is 7.04. The molecule has 1 aliphatic heterocycles. The Labute approximate surface area is 162 Å². The molecule has 2 heterocycles. The zero-order valence-electron chi connectivity index (χ0n) is 16.1. The van der Waals surface area contributed by atoms with Crippen LogP contribution in [0.25, 0.3) is 11.0 Å². The topological polar surface area (TPSA) is 93.5 Å². The maximum absolute atomic E-state index is 12.9. The van der Waals surface area contributed by atoms with Gasteiger partial charge in [0.25, 0.3) is 11.5 Å². The normalized spacial score (nSPS) is 21.9. The van der Waals surface area contributed by atoms with Crippen LogP contribution in [0.1, 0.15) is 23.3 Å². The van der Waals surface area contributed by atoms with E-state index in [-0.39, 0.29) is 30.2 Å². The summed E-state index contributed by atoms with van der Waals surface area (Å²) in [6.07, 6.45) is 2.22. The van der Waals surface area contributed by atoms with Crippen molar-refractivity contribution in [2.45, 2.75) is 18.9 Å². The Morgan fingerprint density at radius 3 is 2.71 bits per heavy atom. The summed E-state index contributed by atoms with van der Waals surface area (Å²) in [5.41, 5.74) is 0.732. The van der Waals surface area contributed by atoms with Crippen LogP contribution >= 0.6 is 0 Å². The molecule has 2 aliphatic rings. The van der Waals surface area contributed by atoms with Gasteiger partial charge in [0, 0.05) is 33.2 Å². The molecule has 0 spiro atoms. The molecule has 4 rings (SSSR count). The van der Waals surface area contributed by atoms with Crippen molar-refractivity contribution in [1.29, 1.82) is 0 Å². The Hall–Kier alpha value is -2.74. The number of hydrogen-bond acceptors (Lipinski definition) is 5. The van der Waals surface area contributed by atoms with Gasteiger partial charge in [-0.25, -0.2) is 4.98 Å². The average Bonchev–Trinajstić information content (AvgIpc) is 3.45. The molecule has 1 aromatic carbocycles. The van der Waals surface area contributed by atoms with Crippen LogP contribution in [0.4, 0.5) is 0 Å². The van der Waals surface area contributed by atoms with Crippen LogP contribution in [0.5, 0.6) is 0 Å². The predicted molar refractivity (Wildman–Crippen MR) is 103 cm³/mol.